The summed E-state index contributed by atoms with van der Waals surface area (Å²) in [5.74, 6) is 0.0466. The van der Waals surface area contributed by atoms with E-state index in [-0.39, 0.29) is 24.6 Å². The van der Waals surface area contributed by atoms with Crippen molar-refractivity contribution < 1.29 is 13.5 Å². The number of fused-ring (bicyclic) bond motifs is 3. The van der Waals surface area contributed by atoms with Gasteiger partial charge >= 0.3 is 0 Å². The Kier molecular flexibility index (Phi) is 4.35. The minimum absolute atomic E-state index is 0.0180. The van der Waals surface area contributed by atoms with Gasteiger partial charge in [0.05, 0.1) is 23.6 Å². The minimum atomic E-state index is -3.59. The van der Waals surface area contributed by atoms with Gasteiger partial charge < -0.3 is 10.4 Å². The van der Waals surface area contributed by atoms with Crippen molar-refractivity contribution in [2.75, 3.05) is 18.5 Å². The molecular weight excluding hydrogens is 404 g/mol. The number of anilines is 1. The van der Waals surface area contributed by atoms with Crippen LogP contribution >= 0.6 is 15.9 Å². The van der Waals surface area contributed by atoms with E-state index in [0.29, 0.717) is 11.4 Å². The zero-order chi connectivity index (χ0) is 17.6. The highest BCUT2D eigenvalue weighted by Crippen LogP contribution is 2.48. The molecule has 2 aromatic rings. The van der Waals surface area contributed by atoms with Crippen LogP contribution in [0.3, 0.4) is 0 Å². The molecule has 3 atom stereocenters. The van der Waals surface area contributed by atoms with Gasteiger partial charge in [-0.25, -0.2) is 8.42 Å². The SMILES string of the molecule is O=S(=O)(c1ccccc1)N1CC[C@@H]2[C@H](CO)Nc3ccc(Br)cc3[C@@H]21. The van der Waals surface area contributed by atoms with E-state index in [1.165, 1.54) is 0 Å². The number of rotatable bonds is 3. The van der Waals surface area contributed by atoms with Crippen LogP contribution in [0.15, 0.2) is 57.9 Å². The summed E-state index contributed by atoms with van der Waals surface area (Å²) in [5, 5.41) is 13.1. The number of benzene rings is 2. The summed E-state index contributed by atoms with van der Waals surface area (Å²) in [6.45, 7) is 0.437. The molecule has 25 heavy (non-hydrogen) atoms. The van der Waals surface area contributed by atoms with Gasteiger partial charge in [0.15, 0.2) is 0 Å². The monoisotopic (exact) mass is 422 g/mol. The standard InChI is InChI=1S/C18H19BrN2O3S/c19-12-6-7-16-15(10-12)18-14(17(11-22)20-16)8-9-21(18)25(23,24)13-4-2-1-3-5-13/h1-7,10,14,17-18,20,22H,8-9,11H2/t14-,17+,18-/m1/s1. The first kappa shape index (κ1) is 17.0. The second kappa shape index (κ2) is 6.39. The molecule has 5 nitrogen and oxygen atoms in total. The number of hydrogen-bond donors (Lipinski definition) is 2. The van der Waals surface area contributed by atoms with Crippen LogP contribution < -0.4 is 5.32 Å². The quantitative estimate of drug-likeness (QED) is 0.797. The van der Waals surface area contributed by atoms with Crippen LogP contribution in [0.1, 0.15) is 18.0 Å². The van der Waals surface area contributed by atoms with Crippen molar-refractivity contribution in [1.82, 2.24) is 4.31 Å². The zero-order valence-electron chi connectivity index (χ0n) is 13.5. The van der Waals surface area contributed by atoms with Crippen molar-refractivity contribution in [2.45, 2.75) is 23.4 Å². The fraction of sp³-hybridized carbons (Fsp3) is 0.333. The van der Waals surface area contributed by atoms with E-state index >= 15 is 0 Å². The molecule has 0 bridgehead atoms. The van der Waals surface area contributed by atoms with E-state index in [1.54, 1.807) is 28.6 Å². The van der Waals surface area contributed by atoms with E-state index in [4.69, 9.17) is 0 Å². The predicted octanol–water partition coefficient (Wildman–Crippen LogP) is 2.99. The summed E-state index contributed by atoms with van der Waals surface area (Å²) < 4.78 is 28.9. The average molecular weight is 423 g/mol. The molecule has 2 aliphatic rings. The highest BCUT2D eigenvalue weighted by atomic mass is 79.9. The second-order valence-corrected chi connectivity index (χ2v) is 9.30. The topological polar surface area (TPSA) is 69.6 Å². The van der Waals surface area contributed by atoms with Gasteiger partial charge in [-0.1, -0.05) is 34.1 Å². The molecule has 7 heteroatoms. The Morgan fingerprint density at radius 2 is 1.96 bits per heavy atom. The third kappa shape index (κ3) is 2.79. The summed E-state index contributed by atoms with van der Waals surface area (Å²) >= 11 is 3.49. The molecular formula is C18H19BrN2O3S. The molecule has 2 heterocycles. The molecule has 0 aliphatic carbocycles. The average Bonchev–Trinajstić information content (AvgIpc) is 3.08. The minimum Gasteiger partial charge on any atom is -0.394 e. The van der Waals surface area contributed by atoms with E-state index in [9.17, 15) is 13.5 Å². The maximum atomic E-state index is 13.2. The second-order valence-electron chi connectivity index (χ2n) is 6.49. The highest BCUT2D eigenvalue weighted by Gasteiger charge is 2.48. The van der Waals surface area contributed by atoms with Gasteiger partial charge in [-0.3, -0.25) is 0 Å². The number of nitrogens with zero attached hydrogens (tertiary/aromatic N) is 1. The lowest BCUT2D eigenvalue weighted by Gasteiger charge is -2.38. The molecule has 0 aromatic heterocycles. The Labute approximate surface area is 155 Å². The molecule has 1 fully saturated rings. The summed E-state index contributed by atoms with van der Waals surface area (Å²) in [6.07, 6.45) is 0.723. The molecule has 4 rings (SSSR count). The Morgan fingerprint density at radius 3 is 2.68 bits per heavy atom. The Balaban J connectivity index is 1.82. The number of hydrogen-bond acceptors (Lipinski definition) is 4. The van der Waals surface area contributed by atoms with E-state index < -0.39 is 10.0 Å². The lowest BCUT2D eigenvalue weighted by molar-refractivity contribution is 0.210. The van der Waals surface area contributed by atoms with Crippen LogP contribution in [0, 0.1) is 5.92 Å². The molecule has 0 unspecified atom stereocenters. The van der Waals surface area contributed by atoms with Crippen LogP contribution in [0.5, 0.6) is 0 Å². The van der Waals surface area contributed by atoms with Gasteiger partial charge in [0.1, 0.15) is 0 Å². The van der Waals surface area contributed by atoms with Gasteiger partial charge in [-0.05, 0) is 42.3 Å². The zero-order valence-corrected chi connectivity index (χ0v) is 15.9. The number of halogens is 1. The largest absolute Gasteiger partial charge is 0.394 e. The van der Waals surface area contributed by atoms with Crippen LogP contribution in [0.25, 0.3) is 0 Å². The molecule has 0 amide bonds. The van der Waals surface area contributed by atoms with E-state index in [1.807, 2.05) is 24.3 Å². The molecule has 0 saturated carbocycles. The molecule has 2 N–H and O–H groups in total. The van der Waals surface area contributed by atoms with Crippen LogP contribution in [0.2, 0.25) is 0 Å². The van der Waals surface area contributed by atoms with Crippen molar-refractivity contribution in [2.24, 2.45) is 5.92 Å². The van der Waals surface area contributed by atoms with Crippen LogP contribution in [0.4, 0.5) is 5.69 Å². The predicted molar refractivity (Wildman–Crippen MR) is 99.8 cm³/mol. The van der Waals surface area contributed by atoms with Gasteiger partial charge in [-0.15, -0.1) is 0 Å². The molecule has 1 saturated heterocycles. The lowest BCUT2D eigenvalue weighted by Crippen LogP contribution is -2.42. The lowest BCUT2D eigenvalue weighted by atomic mass is 9.84. The normalized spacial score (nSPS) is 25.9. The summed E-state index contributed by atoms with van der Waals surface area (Å²) in [4.78, 5) is 0.311. The maximum absolute atomic E-state index is 13.2. The summed E-state index contributed by atoms with van der Waals surface area (Å²) in [5.41, 5.74) is 1.85. The Hall–Kier alpha value is -1.41. The number of sulfonamides is 1. The molecule has 0 spiro atoms. The van der Waals surface area contributed by atoms with Crippen LogP contribution in [-0.4, -0.2) is 37.0 Å². The van der Waals surface area contributed by atoms with Crippen molar-refractivity contribution in [1.29, 1.82) is 0 Å². The van der Waals surface area contributed by atoms with Crippen molar-refractivity contribution >= 4 is 31.6 Å². The first-order chi connectivity index (χ1) is 12.0. The van der Waals surface area contributed by atoms with Gasteiger partial charge in [-0.2, -0.15) is 4.31 Å². The first-order valence-corrected chi connectivity index (χ1v) is 10.5. The van der Waals surface area contributed by atoms with Gasteiger partial charge in [0.25, 0.3) is 0 Å². The molecule has 0 radical (unpaired) electrons. The van der Waals surface area contributed by atoms with Crippen molar-refractivity contribution in [3.8, 4) is 0 Å². The Morgan fingerprint density at radius 1 is 1.20 bits per heavy atom. The van der Waals surface area contributed by atoms with E-state index in [2.05, 4.69) is 21.2 Å². The van der Waals surface area contributed by atoms with Crippen LogP contribution in [-0.2, 0) is 10.0 Å². The smallest absolute Gasteiger partial charge is 0.243 e. The number of aliphatic hydroxyl groups is 1. The number of aliphatic hydroxyl groups excluding tert-OH is 1. The molecule has 132 valence electrons. The van der Waals surface area contributed by atoms with Gasteiger partial charge in [0.2, 0.25) is 10.0 Å². The van der Waals surface area contributed by atoms with E-state index in [0.717, 1.165) is 22.1 Å². The summed E-state index contributed by atoms with van der Waals surface area (Å²) in [6, 6.07) is 14.0. The summed E-state index contributed by atoms with van der Waals surface area (Å²) in [7, 11) is -3.59. The fourth-order valence-corrected chi connectivity index (χ4v) is 6.05. The third-order valence-electron chi connectivity index (χ3n) is 5.14. The fourth-order valence-electron chi connectivity index (χ4n) is 3.99. The number of nitrogens with one attached hydrogen (secondary N) is 1. The Bertz CT molecular complexity index is 888. The third-order valence-corrected chi connectivity index (χ3v) is 7.52. The van der Waals surface area contributed by atoms with Gasteiger partial charge in [0, 0.05) is 22.6 Å². The highest BCUT2D eigenvalue weighted by molar-refractivity contribution is 9.10. The molecule has 2 aromatic carbocycles. The first-order valence-electron chi connectivity index (χ1n) is 8.26. The maximum Gasteiger partial charge on any atom is 0.243 e. The van der Waals surface area contributed by atoms with Crippen molar-refractivity contribution in [3.63, 3.8) is 0 Å². The van der Waals surface area contributed by atoms with Crippen molar-refractivity contribution in [3.05, 3.63) is 58.6 Å². The molecule has 2 aliphatic heterocycles.